The summed E-state index contributed by atoms with van der Waals surface area (Å²) in [5.41, 5.74) is 21.5. The fraction of sp³-hybridized carbons (Fsp3) is 0.118. The van der Waals surface area contributed by atoms with Crippen molar-refractivity contribution < 1.29 is 22.6 Å². The molecule has 0 saturated carbocycles. The number of aliphatic carboxylic acids is 2. The highest BCUT2D eigenvalue weighted by Crippen LogP contribution is 2.48. The smallest absolute Gasteiger partial charge is 0.319 e. The van der Waals surface area contributed by atoms with Crippen molar-refractivity contribution in [3.63, 3.8) is 0 Å². The van der Waals surface area contributed by atoms with Crippen molar-refractivity contribution in [2.24, 2.45) is 21.7 Å². The highest BCUT2D eigenvalue weighted by Gasteiger charge is 2.49. The van der Waals surface area contributed by atoms with Crippen LogP contribution in [0.2, 0.25) is 2.82 Å². The first-order chi connectivity index (χ1) is 22.2. The van der Waals surface area contributed by atoms with Gasteiger partial charge in [0.05, 0.1) is 22.8 Å². The number of rotatable bonds is 7. The predicted molar refractivity (Wildman–Crippen MR) is 163 cm³/mol. The third kappa shape index (κ3) is 3.95. The first-order valence-corrected chi connectivity index (χ1v) is 13.7. The van der Waals surface area contributed by atoms with Crippen LogP contribution in [0.1, 0.15) is 46.2 Å². The van der Waals surface area contributed by atoms with Crippen molar-refractivity contribution in [1.82, 2.24) is 0 Å². The number of carbonyl (C=O) groups is 2. The third-order valence-corrected chi connectivity index (χ3v) is 8.90. The lowest BCUT2D eigenvalue weighted by atomic mass is 9.66. The van der Waals surface area contributed by atoms with Crippen LogP contribution in [0, 0.1) is 11.0 Å². The average Bonchev–Trinajstić information content (AvgIpc) is 3.07. The van der Waals surface area contributed by atoms with Crippen molar-refractivity contribution in [3.05, 3.63) is 142 Å². The van der Waals surface area contributed by atoms with E-state index in [2.05, 4.69) is 21.3 Å². The first kappa shape index (κ1) is 25.8. The Balaban J connectivity index is 1.40. The molecular formula is C34H28N6O4. The molecule has 0 aromatic heterocycles. The highest BCUT2D eigenvalue weighted by molar-refractivity contribution is 5.93. The number of fused-ring (bicyclic) bond motifs is 2. The van der Waals surface area contributed by atoms with Gasteiger partial charge in [0.2, 0.25) is 2.82 Å². The van der Waals surface area contributed by atoms with Gasteiger partial charge in [0, 0.05) is 24.0 Å². The molecule has 0 amide bonds. The van der Waals surface area contributed by atoms with Crippen LogP contribution in [0.25, 0.3) is 22.5 Å². The minimum absolute atomic E-state index is 0.0823. The van der Waals surface area contributed by atoms with Crippen molar-refractivity contribution in [1.29, 1.82) is 11.0 Å². The van der Waals surface area contributed by atoms with Gasteiger partial charge in [-0.05, 0) is 33.4 Å². The second-order valence-corrected chi connectivity index (χ2v) is 10.9. The van der Waals surface area contributed by atoms with Crippen LogP contribution in [-0.4, -0.2) is 22.2 Å². The number of benzene rings is 4. The number of nitrogens with zero attached hydrogens (tertiary/aromatic N) is 2. The zero-order valence-electron chi connectivity index (χ0n) is 25.3. The van der Waals surface area contributed by atoms with Crippen LogP contribution in [0.15, 0.2) is 119 Å². The molecule has 10 nitrogen and oxygen atoms in total. The summed E-state index contributed by atoms with van der Waals surface area (Å²) in [5, 5.41) is 29.0. The molecule has 0 bridgehead atoms. The molecule has 4 aromatic rings. The fourth-order valence-electron chi connectivity index (χ4n) is 6.59. The fourth-order valence-corrected chi connectivity index (χ4v) is 6.59. The SMILES string of the molecule is [H]/N=N/C1=C(N)c2ccccc2C(C(=O)O)(c2ccc(-c3ccc(C4(C(=O)O)CC(/N=N/[H])=C(N)c5ccccc54)cc3)cc2)C1. The Morgan fingerprint density at radius 1 is 0.636 bits per heavy atom. The van der Waals surface area contributed by atoms with E-state index in [-0.39, 0.29) is 35.6 Å². The Morgan fingerprint density at radius 3 is 1.34 bits per heavy atom. The summed E-state index contributed by atoms with van der Waals surface area (Å²) in [7, 11) is 0. The summed E-state index contributed by atoms with van der Waals surface area (Å²) in [6, 6.07) is 28.2. The predicted octanol–water partition coefficient (Wildman–Crippen LogP) is 6.22. The molecule has 0 heterocycles. The van der Waals surface area contributed by atoms with E-state index in [9.17, 15) is 19.8 Å². The van der Waals surface area contributed by atoms with Crippen LogP contribution in [-0.2, 0) is 20.4 Å². The molecule has 2 unspecified atom stereocenters. The Hall–Kier alpha value is -5.90. The molecule has 8 N–H and O–H groups in total. The van der Waals surface area contributed by atoms with E-state index in [0.717, 1.165) is 11.1 Å². The summed E-state index contributed by atoms with van der Waals surface area (Å²) >= 11 is 0. The number of hydrogen-bond donors (Lipinski definition) is 6. The largest absolute Gasteiger partial charge is 0.480 e. The third-order valence-electron chi connectivity index (χ3n) is 8.90. The van der Waals surface area contributed by atoms with E-state index in [1.807, 2.05) is 24.3 Å². The Bertz CT molecular complexity index is 1860. The molecule has 0 saturated heterocycles. The highest BCUT2D eigenvalue weighted by atomic mass is 16.4. The minimum Gasteiger partial charge on any atom is -0.480 e. The van der Waals surface area contributed by atoms with Crippen molar-refractivity contribution in [3.8, 4) is 11.1 Å². The zero-order valence-corrected chi connectivity index (χ0v) is 23.3. The molecule has 10 heteroatoms. The lowest BCUT2D eigenvalue weighted by Crippen LogP contribution is -2.41. The van der Waals surface area contributed by atoms with Gasteiger partial charge in [-0.3, -0.25) is 9.59 Å². The van der Waals surface area contributed by atoms with Crippen LogP contribution >= 0.6 is 0 Å². The average molecular weight is 585 g/mol. The molecule has 2 aliphatic rings. The maximum atomic E-state index is 13.0. The number of carboxylic acids is 2. The monoisotopic (exact) mass is 584 g/mol. The standard InChI is InChI=1S/C34H28N6O4/c35-29-23-5-1-3-7-25(23)33(31(41)42,17-27(29)39-37)21-13-9-19(10-14-21)20-11-15-22(16-12-20)34(32(43)44)18-28(40-38)30(36)24-6-2-4-8-26(24)34/h1-16,37-38H,17-18,35-36H2,(H,41,42)(H,43,44)/b39-37+,40-38+. The van der Waals surface area contributed by atoms with Crippen LogP contribution in [0.4, 0.5) is 0 Å². The first-order valence-electron chi connectivity index (χ1n) is 14.6. The topological polar surface area (TPSA) is 199 Å². The van der Waals surface area contributed by atoms with Gasteiger partial charge >= 0.3 is 11.9 Å². The van der Waals surface area contributed by atoms with Gasteiger partial charge in [0.15, 0.2) is 0 Å². The van der Waals surface area contributed by atoms with Gasteiger partial charge in [0.25, 0.3) is 0 Å². The van der Waals surface area contributed by atoms with E-state index in [1.165, 1.54) is 0 Å². The molecule has 218 valence electrons. The maximum Gasteiger partial charge on any atom is 0.319 e. The summed E-state index contributed by atoms with van der Waals surface area (Å²) < 4.78 is 14.5. The van der Waals surface area contributed by atoms with Gasteiger partial charge in [-0.1, -0.05) is 97.1 Å². The number of carboxylic acid groups (broad SMARTS) is 2. The lowest BCUT2D eigenvalue weighted by molar-refractivity contribution is -0.143. The molecule has 4 aromatic carbocycles. The van der Waals surface area contributed by atoms with E-state index in [4.69, 9.17) is 14.3 Å². The molecule has 0 fully saturated rings. The van der Waals surface area contributed by atoms with Gasteiger partial charge in [-0.2, -0.15) is 10.2 Å². The van der Waals surface area contributed by atoms with Crippen LogP contribution in [0.5, 0.6) is 0 Å². The second kappa shape index (κ2) is 10.4. The summed E-state index contributed by atoms with van der Waals surface area (Å²) in [6.45, 7) is 0. The van der Waals surface area contributed by atoms with Crippen molar-refractivity contribution >= 4 is 23.3 Å². The molecule has 2 aliphatic carbocycles. The molecule has 0 spiro atoms. The minimum atomic E-state index is -1.52. The molecule has 0 aliphatic heterocycles. The van der Waals surface area contributed by atoms with Crippen LogP contribution < -0.4 is 11.5 Å². The summed E-state index contributed by atoms with van der Waals surface area (Å²) in [6.07, 6.45) is -0.165. The lowest BCUT2D eigenvalue weighted by Gasteiger charge is -2.36. The Morgan fingerprint density at radius 2 is 1.00 bits per heavy atom. The van der Waals surface area contributed by atoms with E-state index >= 15 is 0 Å². The van der Waals surface area contributed by atoms with E-state index in [1.54, 1.807) is 72.8 Å². The maximum absolute atomic E-state index is 13.0. The molecule has 6 rings (SSSR count). The molecule has 0 radical (unpaired) electrons. The van der Waals surface area contributed by atoms with Crippen molar-refractivity contribution in [2.75, 3.05) is 0 Å². The summed E-state index contributed by atoms with van der Waals surface area (Å²) in [4.78, 5) is 26.1. The van der Waals surface area contributed by atoms with Crippen LogP contribution in [0.3, 0.4) is 0 Å². The Kier molecular flexibility index (Phi) is 6.11. The number of allylic oxidation sites excluding steroid dienone is 2. The van der Waals surface area contributed by atoms with Gasteiger partial charge in [0.1, 0.15) is 10.8 Å². The normalized spacial score (nSPS) is 22.0. The van der Waals surface area contributed by atoms with E-state index in [0.29, 0.717) is 33.4 Å². The van der Waals surface area contributed by atoms with E-state index < -0.39 is 22.8 Å². The number of hydrogen-bond acceptors (Lipinski definition) is 8. The number of nitrogens with two attached hydrogens (primary N) is 2. The molecular weight excluding hydrogens is 556 g/mol. The van der Waals surface area contributed by atoms with Crippen molar-refractivity contribution in [2.45, 2.75) is 23.7 Å². The molecule has 44 heavy (non-hydrogen) atoms. The Labute approximate surface area is 255 Å². The summed E-state index contributed by atoms with van der Waals surface area (Å²) in [5.74, 6) is -2.18. The van der Waals surface area contributed by atoms with Gasteiger partial charge in [-0.15, -0.1) is 0 Å². The molecule has 2 atom stereocenters. The zero-order chi connectivity index (χ0) is 32.6. The van der Waals surface area contributed by atoms with Gasteiger partial charge in [-0.25, -0.2) is 11.0 Å². The second-order valence-electron chi connectivity index (χ2n) is 10.9. The van der Waals surface area contributed by atoms with Gasteiger partial charge < -0.3 is 21.7 Å². The number of nitrogens with one attached hydrogen (secondary N) is 2. The quantitative estimate of drug-likeness (QED) is 0.139.